The maximum absolute atomic E-state index is 11.7. The third-order valence-corrected chi connectivity index (χ3v) is 3.13. The molecule has 3 N–H and O–H groups in total. The number of H-pyrrole nitrogens is 1. The van der Waals surface area contributed by atoms with E-state index >= 15 is 0 Å². The number of nitrogens with one attached hydrogen (secondary N) is 1. The molecule has 0 aromatic carbocycles. The van der Waals surface area contributed by atoms with E-state index in [2.05, 4.69) is 9.99 Å². The van der Waals surface area contributed by atoms with Crippen LogP contribution in [0.15, 0.2) is 27.0 Å². The van der Waals surface area contributed by atoms with E-state index in [0.717, 1.165) is 16.8 Å². The fourth-order valence-electron chi connectivity index (χ4n) is 2.03. The first kappa shape index (κ1) is 17.8. The van der Waals surface area contributed by atoms with Gasteiger partial charge in [-0.3, -0.25) is 19.2 Å². The first-order chi connectivity index (χ1) is 11.3. The molecular formula is C13H17N3O8. The molecule has 132 valence electrons. The van der Waals surface area contributed by atoms with Crippen molar-refractivity contribution in [2.75, 3.05) is 6.61 Å². The molecule has 11 heteroatoms. The Balaban J connectivity index is 2.02. The Morgan fingerprint density at radius 2 is 2.08 bits per heavy atom. The van der Waals surface area contributed by atoms with E-state index in [1.807, 2.05) is 4.98 Å². The predicted molar refractivity (Wildman–Crippen MR) is 78.5 cm³/mol. The number of aromatic amines is 1. The molecule has 11 nitrogen and oxygen atoms in total. The lowest BCUT2D eigenvalue weighted by molar-refractivity contribution is -0.0641. The van der Waals surface area contributed by atoms with Crippen molar-refractivity contribution in [1.29, 1.82) is 0 Å². The second-order valence-electron chi connectivity index (χ2n) is 5.25. The van der Waals surface area contributed by atoms with Crippen LogP contribution in [0, 0.1) is 0 Å². The molecule has 1 aromatic rings. The lowest BCUT2D eigenvalue weighted by atomic mass is 10.1. The van der Waals surface area contributed by atoms with Crippen molar-refractivity contribution in [2.45, 2.75) is 38.4 Å². The van der Waals surface area contributed by atoms with Gasteiger partial charge in [0.25, 0.3) is 5.56 Å². The Hall–Kier alpha value is -2.50. The molecule has 1 saturated heterocycles. The van der Waals surface area contributed by atoms with E-state index in [-0.39, 0.29) is 0 Å². The molecule has 0 radical (unpaired) electrons. The third kappa shape index (κ3) is 4.07. The summed E-state index contributed by atoms with van der Waals surface area (Å²) >= 11 is 0. The molecule has 0 spiro atoms. The summed E-state index contributed by atoms with van der Waals surface area (Å²) in [7, 11) is 0. The molecule has 0 saturated carbocycles. The van der Waals surface area contributed by atoms with Gasteiger partial charge < -0.3 is 19.7 Å². The molecule has 0 amide bonds. The number of rotatable bonds is 4. The largest absolute Gasteiger partial charge is 0.535 e. The topological polar surface area (TPSA) is 152 Å². The zero-order chi connectivity index (χ0) is 17.9. The lowest BCUT2D eigenvalue weighted by Gasteiger charge is -2.16. The van der Waals surface area contributed by atoms with Gasteiger partial charge in [-0.1, -0.05) is 5.16 Å². The maximum atomic E-state index is 11.7. The molecule has 0 bridgehead atoms. The summed E-state index contributed by atoms with van der Waals surface area (Å²) in [5.41, 5.74) is -0.928. The van der Waals surface area contributed by atoms with Gasteiger partial charge >= 0.3 is 11.8 Å². The quantitative estimate of drug-likeness (QED) is 0.264. The average molecular weight is 343 g/mol. The highest BCUT2D eigenvalue weighted by atomic mass is 16.8. The molecule has 2 heterocycles. The van der Waals surface area contributed by atoms with Gasteiger partial charge in [-0.15, -0.1) is 0 Å². The molecule has 1 aliphatic rings. The fraction of sp³-hybridized carbons (Fsp3) is 0.538. The molecule has 0 unspecified atom stereocenters. The van der Waals surface area contributed by atoms with Crippen LogP contribution in [-0.4, -0.2) is 56.5 Å². The van der Waals surface area contributed by atoms with Gasteiger partial charge in [-0.05, 0) is 13.8 Å². The molecule has 1 aliphatic heterocycles. The van der Waals surface area contributed by atoms with Gasteiger partial charge in [0.15, 0.2) is 6.23 Å². The number of nitrogens with zero attached hydrogens (tertiary/aromatic N) is 2. The number of hydrogen-bond donors (Lipinski definition) is 3. The number of aromatic nitrogens is 2. The summed E-state index contributed by atoms with van der Waals surface area (Å²) in [6.07, 6.45) is -5.20. The first-order valence-corrected chi connectivity index (χ1v) is 6.97. The van der Waals surface area contributed by atoms with Crippen LogP contribution < -0.4 is 11.2 Å². The highest BCUT2D eigenvalue weighted by Crippen LogP contribution is 2.28. The summed E-state index contributed by atoms with van der Waals surface area (Å²) < 4.78 is 11.0. The molecule has 2 rings (SSSR count). The number of carbonyl (C=O) groups is 1. The Labute approximate surface area is 135 Å². The zero-order valence-electron chi connectivity index (χ0n) is 12.9. The molecular weight excluding hydrogens is 326 g/mol. The number of aliphatic hydroxyl groups excluding tert-OH is 2. The van der Waals surface area contributed by atoms with Crippen LogP contribution in [0.3, 0.4) is 0 Å². The van der Waals surface area contributed by atoms with Crippen LogP contribution in [0.25, 0.3) is 0 Å². The van der Waals surface area contributed by atoms with E-state index in [0.29, 0.717) is 5.71 Å². The fourth-order valence-corrected chi connectivity index (χ4v) is 2.03. The summed E-state index contributed by atoms with van der Waals surface area (Å²) in [4.78, 5) is 40.5. The van der Waals surface area contributed by atoms with Gasteiger partial charge in [-0.2, -0.15) is 0 Å². The normalized spacial score (nSPS) is 26.0. The Morgan fingerprint density at radius 1 is 1.38 bits per heavy atom. The van der Waals surface area contributed by atoms with E-state index in [4.69, 9.17) is 9.47 Å². The number of aliphatic hydroxyl groups is 2. The predicted octanol–water partition coefficient (Wildman–Crippen LogP) is -1.30. The van der Waals surface area contributed by atoms with E-state index in [1.54, 1.807) is 13.8 Å². The Morgan fingerprint density at radius 3 is 2.71 bits per heavy atom. The van der Waals surface area contributed by atoms with Gasteiger partial charge in [0, 0.05) is 12.3 Å². The van der Waals surface area contributed by atoms with E-state index < -0.39 is 48.6 Å². The molecule has 24 heavy (non-hydrogen) atoms. The number of carbonyl (C=O) groups excluding carboxylic acids is 1. The summed E-state index contributed by atoms with van der Waals surface area (Å²) in [5.74, 6) is 0. The standard InChI is InChI=1S/C13H17N3O8/c1-6(2)15-24-13(21)22-5-7-9(18)10(19)11(23-7)16-4-3-8(17)14-12(16)20/h3-4,7,9-11,18-19H,5H2,1-2H3,(H,14,17,20)/t7-,9-,10-,11-/m1/s1. The molecule has 1 fully saturated rings. The van der Waals surface area contributed by atoms with Crippen LogP contribution in [-0.2, 0) is 14.3 Å². The molecule has 0 aliphatic carbocycles. The zero-order valence-corrected chi connectivity index (χ0v) is 12.9. The van der Waals surface area contributed by atoms with Crippen molar-refractivity contribution in [2.24, 2.45) is 5.16 Å². The number of ether oxygens (including phenoxy) is 2. The van der Waals surface area contributed by atoms with Gasteiger partial charge in [-0.25, -0.2) is 9.59 Å². The maximum Gasteiger partial charge on any atom is 0.535 e. The Bertz CT molecular complexity index is 735. The van der Waals surface area contributed by atoms with Crippen molar-refractivity contribution in [3.8, 4) is 0 Å². The van der Waals surface area contributed by atoms with Crippen molar-refractivity contribution >= 4 is 11.9 Å². The van der Waals surface area contributed by atoms with Crippen LogP contribution in [0.1, 0.15) is 20.1 Å². The SMILES string of the molecule is CC(C)=NOC(=O)OC[C@H]1O[C@@H](n2ccc(=O)[nH]c2=O)[C@H](O)[C@@H]1O. The highest BCUT2D eigenvalue weighted by Gasteiger charge is 2.44. The minimum Gasteiger partial charge on any atom is -0.430 e. The van der Waals surface area contributed by atoms with Crippen LogP contribution in [0.4, 0.5) is 4.79 Å². The van der Waals surface area contributed by atoms with Crippen LogP contribution in [0.2, 0.25) is 0 Å². The van der Waals surface area contributed by atoms with E-state index in [9.17, 15) is 24.6 Å². The monoisotopic (exact) mass is 343 g/mol. The minimum atomic E-state index is -1.46. The average Bonchev–Trinajstić information content (AvgIpc) is 2.79. The van der Waals surface area contributed by atoms with Crippen molar-refractivity contribution in [3.05, 3.63) is 33.1 Å². The minimum absolute atomic E-state index is 0.427. The molecule has 1 aromatic heterocycles. The summed E-state index contributed by atoms with van der Waals surface area (Å²) in [5, 5.41) is 23.3. The van der Waals surface area contributed by atoms with Crippen molar-refractivity contribution in [3.63, 3.8) is 0 Å². The second-order valence-corrected chi connectivity index (χ2v) is 5.25. The number of hydrogen-bond acceptors (Lipinski definition) is 9. The van der Waals surface area contributed by atoms with Crippen molar-refractivity contribution in [1.82, 2.24) is 9.55 Å². The van der Waals surface area contributed by atoms with E-state index in [1.165, 1.54) is 0 Å². The van der Waals surface area contributed by atoms with Crippen LogP contribution >= 0.6 is 0 Å². The molecule has 4 atom stereocenters. The van der Waals surface area contributed by atoms with Gasteiger partial charge in [0.05, 0.1) is 5.71 Å². The summed E-state index contributed by atoms with van der Waals surface area (Å²) in [6.45, 7) is 2.80. The van der Waals surface area contributed by atoms with Crippen LogP contribution in [0.5, 0.6) is 0 Å². The smallest absolute Gasteiger partial charge is 0.430 e. The second kappa shape index (κ2) is 7.38. The van der Waals surface area contributed by atoms with Gasteiger partial charge in [0.2, 0.25) is 0 Å². The number of oxime groups is 1. The third-order valence-electron chi connectivity index (χ3n) is 3.13. The van der Waals surface area contributed by atoms with Gasteiger partial charge in [0.1, 0.15) is 24.9 Å². The first-order valence-electron chi connectivity index (χ1n) is 6.97. The summed E-state index contributed by atoms with van der Waals surface area (Å²) in [6, 6.07) is 1.07. The highest BCUT2D eigenvalue weighted by molar-refractivity contribution is 5.79. The lowest BCUT2D eigenvalue weighted by Crippen LogP contribution is -2.37. The van der Waals surface area contributed by atoms with Crippen molar-refractivity contribution < 1.29 is 29.3 Å². The Kier molecular flexibility index (Phi) is 5.49.